The lowest BCUT2D eigenvalue weighted by Gasteiger charge is -2.32. The molecule has 0 saturated heterocycles. The molecule has 2 aromatic heterocycles. The number of methoxy groups -OCH3 is 1. The highest BCUT2D eigenvalue weighted by molar-refractivity contribution is 7.99. The molecule has 212 valence electrons. The molecule has 0 radical (unpaired) electrons. The zero-order chi connectivity index (χ0) is 29.2. The summed E-state index contributed by atoms with van der Waals surface area (Å²) in [6.45, 7) is 0.198. The van der Waals surface area contributed by atoms with Gasteiger partial charge in [-0.05, 0) is 60.5 Å². The van der Waals surface area contributed by atoms with E-state index < -0.39 is 17.9 Å². The van der Waals surface area contributed by atoms with Gasteiger partial charge in [-0.25, -0.2) is 4.39 Å². The number of hydrogen-bond acceptors (Lipinski definition) is 7. The number of amides is 2. The SMILES string of the molecule is COC(=O)CCSc1cc(Cl)ccc1N(C(=O)c1ccco1)C(C(=O)NCCc1cccc(F)c1)c1cccnc1. The number of nitrogens with zero attached hydrogens (tertiary/aromatic N) is 2. The van der Waals surface area contributed by atoms with Crippen LogP contribution in [0.4, 0.5) is 10.1 Å². The van der Waals surface area contributed by atoms with E-state index in [0.29, 0.717) is 38.9 Å². The maximum atomic E-state index is 14.0. The van der Waals surface area contributed by atoms with Crippen molar-refractivity contribution in [3.8, 4) is 0 Å². The molecule has 2 aromatic carbocycles. The van der Waals surface area contributed by atoms with E-state index in [-0.39, 0.29) is 30.5 Å². The molecule has 1 unspecified atom stereocenters. The van der Waals surface area contributed by atoms with E-state index in [0.717, 1.165) is 0 Å². The van der Waals surface area contributed by atoms with Gasteiger partial charge in [-0.15, -0.1) is 11.8 Å². The number of benzene rings is 2. The maximum absolute atomic E-state index is 14.0. The molecular formula is C30H27ClFN3O5S. The summed E-state index contributed by atoms with van der Waals surface area (Å²) >= 11 is 7.62. The topological polar surface area (TPSA) is 102 Å². The Morgan fingerprint density at radius 3 is 2.68 bits per heavy atom. The largest absolute Gasteiger partial charge is 0.469 e. The number of anilines is 1. The summed E-state index contributed by atoms with van der Waals surface area (Å²) in [5, 5.41) is 3.30. The van der Waals surface area contributed by atoms with Gasteiger partial charge in [-0.1, -0.05) is 29.8 Å². The molecule has 0 fully saturated rings. The monoisotopic (exact) mass is 595 g/mol. The van der Waals surface area contributed by atoms with E-state index in [9.17, 15) is 18.8 Å². The molecule has 11 heteroatoms. The van der Waals surface area contributed by atoms with E-state index in [2.05, 4.69) is 10.3 Å². The van der Waals surface area contributed by atoms with Crippen molar-refractivity contribution in [2.24, 2.45) is 0 Å². The lowest BCUT2D eigenvalue weighted by molar-refractivity contribution is -0.140. The van der Waals surface area contributed by atoms with E-state index in [1.807, 2.05) is 0 Å². The summed E-state index contributed by atoms with van der Waals surface area (Å²) in [6, 6.07) is 16.4. The third-order valence-electron chi connectivity index (χ3n) is 6.03. The Morgan fingerprint density at radius 2 is 1.98 bits per heavy atom. The van der Waals surface area contributed by atoms with Crippen LogP contribution in [-0.4, -0.2) is 42.2 Å². The first-order valence-corrected chi connectivity index (χ1v) is 14.0. The predicted octanol–water partition coefficient (Wildman–Crippen LogP) is 5.87. The second kappa shape index (κ2) is 14.5. The first-order valence-electron chi connectivity index (χ1n) is 12.7. The number of nitrogens with one attached hydrogen (secondary N) is 1. The van der Waals surface area contributed by atoms with Gasteiger partial charge in [-0.2, -0.15) is 0 Å². The van der Waals surface area contributed by atoms with Crippen LogP contribution in [0, 0.1) is 5.82 Å². The smallest absolute Gasteiger partial charge is 0.306 e. The fourth-order valence-corrected chi connectivity index (χ4v) is 5.36. The summed E-state index contributed by atoms with van der Waals surface area (Å²) < 4.78 is 23.8. The van der Waals surface area contributed by atoms with Gasteiger partial charge in [0.15, 0.2) is 5.76 Å². The van der Waals surface area contributed by atoms with Gasteiger partial charge in [0.1, 0.15) is 11.9 Å². The minimum atomic E-state index is -1.16. The van der Waals surface area contributed by atoms with Crippen LogP contribution in [0.2, 0.25) is 5.02 Å². The Balaban J connectivity index is 1.73. The third-order valence-corrected chi connectivity index (χ3v) is 7.31. The van der Waals surface area contributed by atoms with E-state index >= 15 is 0 Å². The Bertz CT molecular complexity index is 1490. The van der Waals surface area contributed by atoms with Gasteiger partial charge in [-0.3, -0.25) is 24.3 Å². The number of thioether (sulfide) groups is 1. The summed E-state index contributed by atoms with van der Waals surface area (Å²) in [4.78, 5) is 45.7. The number of pyridine rings is 1. The number of carbonyl (C=O) groups excluding carboxylic acids is 3. The molecule has 0 aliphatic heterocycles. The number of halogens is 2. The molecule has 0 aliphatic rings. The van der Waals surface area contributed by atoms with Crippen LogP contribution >= 0.6 is 23.4 Å². The first kappa shape index (κ1) is 29.8. The van der Waals surface area contributed by atoms with Crippen LogP contribution in [0.25, 0.3) is 0 Å². The third kappa shape index (κ3) is 7.96. The molecule has 8 nitrogen and oxygen atoms in total. The van der Waals surface area contributed by atoms with Crippen molar-refractivity contribution in [3.63, 3.8) is 0 Å². The fourth-order valence-electron chi connectivity index (χ4n) is 4.11. The van der Waals surface area contributed by atoms with Gasteiger partial charge in [0.05, 0.1) is 25.5 Å². The van der Waals surface area contributed by atoms with E-state index in [1.54, 1.807) is 54.7 Å². The van der Waals surface area contributed by atoms with Crippen molar-refractivity contribution in [2.45, 2.75) is 23.8 Å². The molecule has 1 atom stereocenters. The Hall–Kier alpha value is -4.15. The van der Waals surface area contributed by atoms with Crippen molar-refractivity contribution in [1.82, 2.24) is 10.3 Å². The van der Waals surface area contributed by atoms with Crippen molar-refractivity contribution >= 4 is 46.8 Å². The number of ether oxygens (including phenoxy) is 1. The van der Waals surface area contributed by atoms with Crippen LogP contribution in [-0.2, 0) is 20.7 Å². The summed E-state index contributed by atoms with van der Waals surface area (Å²) in [5.41, 5.74) is 1.56. The average Bonchev–Trinajstić information content (AvgIpc) is 3.52. The van der Waals surface area contributed by atoms with Crippen LogP contribution in [0.15, 0.2) is 94.7 Å². The second-order valence-electron chi connectivity index (χ2n) is 8.80. The number of hydrogen-bond donors (Lipinski definition) is 1. The molecule has 4 rings (SSSR count). The molecule has 2 amide bonds. The molecular weight excluding hydrogens is 569 g/mol. The van der Waals surface area contributed by atoms with Crippen LogP contribution in [0.3, 0.4) is 0 Å². The molecule has 41 heavy (non-hydrogen) atoms. The normalized spacial score (nSPS) is 11.5. The van der Waals surface area contributed by atoms with Gasteiger partial charge in [0.2, 0.25) is 5.91 Å². The van der Waals surface area contributed by atoms with Crippen molar-refractivity contribution in [2.75, 3.05) is 24.3 Å². The first-order chi connectivity index (χ1) is 19.9. The maximum Gasteiger partial charge on any atom is 0.306 e. The fraction of sp³-hybridized carbons (Fsp3) is 0.200. The van der Waals surface area contributed by atoms with E-state index in [1.165, 1.54) is 54.4 Å². The van der Waals surface area contributed by atoms with Crippen molar-refractivity contribution in [3.05, 3.63) is 113 Å². The van der Waals surface area contributed by atoms with Crippen LogP contribution in [0.5, 0.6) is 0 Å². The number of esters is 1. The Labute approximate surface area is 245 Å². The Morgan fingerprint density at radius 1 is 1.12 bits per heavy atom. The molecule has 0 aliphatic carbocycles. The average molecular weight is 596 g/mol. The van der Waals surface area contributed by atoms with Crippen LogP contribution in [0.1, 0.15) is 34.1 Å². The molecule has 1 N–H and O–H groups in total. The molecule has 4 aromatic rings. The number of aromatic nitrogens is 1. The van der Waals surface area contributed by atoms with Crippen molar-refractivity contribution < 1.29 is 27.9 Å². The minimum Gasteiger partial charge on any atom is -0.469 e. The second-order valence-corrected chi connectivity index (χ2v) is 10.4. The molecule has 0 saturated carbocycles. The van der Waals surface area contributed by atoms with Gasteiger partial charge >= 0.3 is 5.97 Å². The van der Waals surface area contributed by atoms with Crippen LogP contribution < -0.4 is 10.2 Å². The minimum absolute atomic E-state index is 0.0203. The molecule has 2 heterocycles. The summed E-state index contributed by atoms with van der Waals surface area (Å²) in [6.07, 6.45) is 4.96. The molecule has 0 spiro atoms. The standard InChI is InChI=1S/C30H27ClFN3O5S/c1-39-27(36)12-16-41-26-18-22(31)9-10-24(26)35(30(38)25-8-4-15-40-25)28(21-6-3-13-33-19-21)29(37)34-14-11-20-5-2-7-23(32)17-20/h2-10,13,15,17-19,28H,11-12,14,16H2,1H3,(H,34,37). The van der Waals surface area contributed by atoms with E-state index in [4.69, 9.17) is 20.8 Å². The predicted molar refractivity (Wildman–Crippen MR) is 154 cm³/mol. The zero-order valence-electron chi connectivity index (χ0n) is 22.1. The van der Waals surface area contributed by atoms with Gasteiger partial charge in [0.25, 0.3) is 5.91 Å². The quantitative estimate of drug-likeness (QED) is 0.161. The van der Waals surface area contributed by atoms with Crippen molar-refractivity contribution in [1.29, 1.82) is 0 Å². The number of carbonyl (C=O) groups is 3. The van der Waals surface area contributed by atoms with Gasteiger partial charge < -0.3 is 14.5 Å². The highest BCUT2D eigenvalue weighted by atomic mass is 35.5. The molecule has 0 bridgehead atoms. The lowest BCUT2D eigenvalue weighted by Crippen LogP contribution is -2.44. The highest BCUT2D eigenvalue weighted by Crippen LogP contribution is 2.38. The Kier molecular flexibility index (Phi) is 10.5. The van der Waals surface area contributed by atoms with Gasteiger partial charge in [0, 0.05) is 40.2 Å². The summed E-state index contributed by atoms with van der Waals surface area (Å²) in [7, 11) is 1.31. The lowest BCUT2D eigenvalue weighted by atomic mass is 10.0. The zero-order valence-corrected chi connectivity index (χ0v) is 23.7. The summed E-state index contributed by atoms with van der Waals surface area (Å²) in [5.74, 6) is -1.42. The number of furan rings is 1. The highest BCUT2D eigenvalue weighted by Gasteiger charge is 2.36. The number of rotatable bonds is 12.